The van der Waals surface area contributed by atoms with Gasteiger partial charge in [-0.25, -0.2) is 0 Å². The summed E-state index contributed by atoms with van der Waals surface area (Å²) >= 11 is 0. The molecule has 0 spiro atoms. The predicted octanol–water partition coefficient (Wildman–Crippen LogP) is 6.31. The van der Waals surface area contributed by atoms with Gasteiger partial charge < -0.3 is 1.43 Å². The summed E-state index contributed by atoms with van der Waals surface area (Å²) in [7, 11) is -3.71. The zero-order chi connectivity index (χ0) is 23.6. The van der Waals surface area contributed by atoms with Crippen molar-refractivity contribution in [1.29, 1.82) is 0 Å². The Morgan fingerprint density at radius 1 is 0.618 bits per heavy atom. The van der Waals surface area contributed by atoms with Gasteiger partial charge >= 0.3 is 29.6 Å². The molecule has 0 fully saturated rings. The summed E-state index contributed by atoms with van der Waals surface area (Å²) in [6.07, 6.45) is 22.3. The topological polar surface area (TPSA) is 43.4 Å². The zero-order valence-electron chi connectivity index (χ0n) is 22.9. The van der Waals surface area contributed by atoms with Crippen LogP contribution in [-0.2, 0) is 14.3 Å². The van der Waals surface area contributed by atoms with Gasteiger partial charge in [-0.05, 0) is 17.9 Å². The molecule has 2 rings (SSSR count). The molecule has 0 amide bonds. The third-order valence-corrected chi connectivity index (χ3v) is 7.88. The Balaban J connectivity index is 0.00000578. The molecule has 5 heteroatoms. The molecular weight excluding hydrogens is 451 g/mol. The van der Waals surface area contributed by atoms with Crippen molar-refractivity contribution in [3.63, 3.8) is 0 Å². The fourth-order valence-corrected chi connectivity index (χ4v) is 5.64. The van der Waals surface area contributed by atoms with E-state index in [0.717, 1.165) is 30.0 Å². The fraction of sp³-hybridized carbons (Fsp3) is 0.655. The van der Waals surface area contributed by atoms with Gasteiger partial charge in [0, 0.05) is 5.39 Å². The molecule has 2 aromatic rings. The van der Waals surface area contributed by atoms with Crippen molar-refractivity contribution in [3.05, 3.63) is 42.5 Å². The number of hydrogen-bond donors (Lipinski definition) is 0. The Hall–Kier alpha value is -0.390. The molecule has 188 valence electrons. The van der Waals surface area contributed by atoms with E-state index in [2.05, 4.69) is 6.92 Å². The minimum atomic E-state index is -3.71. The quantitative estimate of drug-likeness (QED) is 0.122. The standard InChI is InChI=1S/C29H46O3S.Na.H/c1-2-3-4-5-6-7-8-9-10-11-12-13-14-15-16-17-20-26-32-33(30,31)29-25-21-23-27-22-18-19-24-28(27)29;;/h18-19,21-25H,2-17,20,26H2,1H3;;/q;+1;-1. The van der Waals surface area contributed by atoms with Crippen LogP contribution in [0.15, 0.2) is 47.4 Å². The second kappa shape index (κ2) is 19.8. The molecule has 0 N–H and O–H groups in total. The summed E-state index contributed by atoms with van der Waals surface area (Å²) in [5.74, 6) is 0. The molecular formula is C29H47NaO3S. The van der Waals surface area contributed by atoms with E-state index in [1.54, 1.807) is 12.1 Å². The molecule has 34 heavy (non-hydrogen) atoms. The van der Waals surface area contributed by atoms with E-state index >= 15 is 0 Å². The molecule has 0 heterocycles. The van der Waals surface area contributed by atoms with E-state index in [1.807, 2.05) is 30.3 Å². The summed E-state index contributed by atoms with van der Waals surface area (Å²) in [5, 5.41) is 1.64. The molecule has 0 aliphatic rings. The fourth-order valence-electron chi connectivity index (χ4n) is 4.47. The second-order valence-corrected chi connectivity index (χ2v) is 11.0. The monoisotopic (exact) mass is 498 g/mol. The maximum absolute atomic E-state index is 12.6. The molecule has 0 aliphatic heterocycles. The first-order valence-electron chi connectivity index (χ1n) is 13.5. The van der Waals surface area contributed by atoms with Crippen molar-refractivity contribution in [2.24, 2.45) is 0 Å². The van der Waals surface area contributed by atoms with Gasteiger partial charge in [-0.3, -0.25) is 4.18 Å². The first-order chi connectivity index (χ1) is 16.1. The van der Waals surface area contributed by atoms with Gasteiger partial charge in [0.2, 0.25) is 0 Å². The normalized spacial score (nSPS) is 11.6. The van der Waals surface area contributed by atoms with Crippen LogP contribution in [0.25, 0.3) is 10.8 Å². The smallest absolute Gasteiger partial charge is 1.00 e. The maximum atomic E-state index is 12.6. The molecule has 0 saturated carbocycles. The van der Waals surface area contributed by atoms with E-state index in [1.165, 1.54) is 89.9 Å². The van der Waals surface area contributed by atoms with Crippen LogP contribution in [0, 0.1) is 0 Å². The van der Waals surface area contributed by atoms with E-state index < -0.39 is 10.1 Å². The van der Waals surface area contributed by atoms with Crippen LogP contribution in [0.2, 0.25) is 0 Å². The van der Waals surface area contributed by atoms with E-state index in [4.69, 9.17) is 4.18 Å². The van der Waals surface area contributed by atoms with Gasteiger partial charge in [-0.2, -0.15) is 8.42 Å². The van der Waals surface area contributed by atoms with Crippen molar-refractivity contribution in [3.8, 4) is 0 Å². The van der Waals surface area contributed by atoms with Crippen molar-refractivity contribution in [2.75, 3.05) is 6.61 Å². The summed E-state index contributed by atoms with van der Waals surface area (Å²) in [5.41, 5.74) is 0. The molecule has 0 atom stereocenters. The average Bonchev–Trinajstić information content (AvgIpc) is 2.83. The second-order valence-electron chi connectivity index (χ2n) is 9.41. The molecule has 3 nitrogen and oxygen atoms in total. The van der Waals surface area contributed by atoms with Gasteiger partial charge in [0.25, 0.3) is 10.1 Å². The summed E-state index contributed by atoms with van der Waals surface area (Å²) in [6, 6.07) is 12.9. The number of unbranched alkanes of at least 4 members (excludes halogenated alkanes) is 16. The van der Waals surface area contributed by atoms with E-state index in [9.17, 15) is 8.42 Å². The van der Waals surface area contributed by atoms with Crippen LogP contribution in [0.4, 0.5) is 0 Å². The van der Waals surface area contributed by atoms with Crippen LogP contribution in [-0.4, -0.2) is 15.0 Å². The van der Waals surface area contributed by atoms with Crippen LogP contribution < -0.4 is 29.6 Å². The Labute approximate surface area is 233 Å². The van der Waals surface area contributed by atoms with Gasteiger partial charge in [-0.1, -0.05) is 146 Å². The van der Waals surface area contributed by atoms with Crippen molar-refractivity contribution in [2.45, 2.75) is 121 Å². The van der Waals surface area contributed by atoms with Crippen LogP contribution in [0.3, 0.4) is 0 Å². The molecule has 0 radical (unpaired) electrons. The molecule has 0 aromatic heterocycles. The number of fused-ring (bicyclic) bond motifs is 1. The predicted molar refractivity (Wildman–Crippen MR) is 142 cm³/mol. The van der Waals surface area contributed by atoms with Crippen LogP contribution in [0.1, 0.15) is 118 Å². The number of rotatable bonds is 20. The van der Waals surface area contributed by atoms with Crippen molar-refractivity contribution in [1.82, 2.24) is 0 Å². The molecule has 0 bridgehead atoms. The van der Waals surface area contributed by atoms with Gasteiger partial charge in [0.15, 0.2) is 0 Å². The van der Waals surface area contributed by atoms with E-state index in [0.29, 0.717) is 0 Å². The molecule has 0 saturated heterocycles. The molecule has 0 unspecified atom stereocenters. The van der Waals surface area contributed by atoms with Crippen molar-refractivity contribution < 1.29 is 43.6 Å². The maximum Gasteiger partial charge on any atom is 1.00 e. The first kappa shape index (κ1) is 31.6. The minimum absolute atomic E-state index is 0. The summed E-state index contributed by atoms with van der Waals surface area (Å²) in [4.78, 5) is 0.271. The third kappa shape index (κ3) is 13.1. The Morgan fingerprint density at radius 3 is 1.59 bits per heavy atom. The molecule has 2 aromatic carbocycles. The SMILES string of the molecule is CCCCCCCCCCCCCCCCCCCOS(=O)(=O)c1cccc2ccccc12.[H-].[Na+]. The van der Waals surface area contributed by atoms with Gasteiger partial charge in [0.05, 0.1) is 6.61 Å². The Bertz CT molecular complexity index is 868. The Kier molecular flexibility index (Phi) is 18.4. The number of hydrogen-bond acceptors (Lipinski definition) is 3. The summed E-state index contributed by atoms with van der Waals surface area (Å²) < 4.78 is 30.5. The largest absolute Gasteiger partial charge is 1.00 e. The molecule has 0 aliphatic carbocycles. The minimum Gasteiger partial charge on any atom is -1.00 e. The van der Waals surface area contributed by atoms with E-state index in [-0.39, 0.29) is 42.5 Å². The van der Waals surface area contributed by atoms with Crippen LogP contribution in [0.5, 0.6) is 0 Å². The van der Waals surface area contributed by atoms with Crippen LogP contribution >= 0.6 is 0 Å². The summed E-state index contributed by atoms with van der Waals surface area (Å²) in [6.45, 7) is 2.54. The first-order valence-corrected chi connectivity index (χ1v) is 14.9. The average molecular weight is 499 g/mol. The van der Waals surface area contributed by atoms with Crippen molar-refractivity contribution >= 4 is 20.9 Å². The van der Waals surface area contributed by atoms with Gasteiger partial charge in [0.1, 0.15) is 4.90 Å². The zero-order valence-corrected chi connectivity index (χ0v) is 24.7. The Morgan fingerprint density at radius 2 is 1.06 bits per heavy atom. The third-order valence-electron chi connectivity index (χ3n) is 6.51. The number of benzene rings is 2. The van der Waals surface area contributed by atoms with Gasteiger partial charge in [-0.15, -0.1) is 0 Å².